The lowest BCUT2D eigenvalue weighted by molar-refractivity contribution is -0.134. The van der Waals surface area contributed by atoms with Crippen molar-refractivity contribution in [1.29, 1.82) is 0 Å². The number of amides is 1. The Hall–Kier alpha value is -0.570. The van der Waals surface area contributed by atoms with E-state index < -0.39 is 0 Å². The highest BCUT2D eigenvalue weighted by atomic mass is 16.2. The molecule has 1 unspecified atom stereocenters. The Morgan fingerprint density at radius 1 is 1.18 bits per heavy atom. The minimum absolute atomic E-state index is 0.374. The lowest BCUT2D eigenvalue weighted by atomic mass is 9.93. The van der Waals surface area contributed by atoms with E-state index in [1.807, 2.05) is 0 Å². The largest absolute Gasteiger partial charge is 0.340 e. The van der Waals surface area contributed by atoms with E-state index in [2.05, 4.69) is 17.1 Å². The zero-order valence-electron chi connectivity index (χ0n) is 11.1. The van der Waals surface area contributed by atoms with Crippen LogP contribution in [0, 0.1) is 0 Å². The summed E-state index contributed by atoms with van der Waals surface area (Å²) < 4.78 is 0. The number of nitrogens with zero attached hydrogens (tertiary/aromatic N) is 1. The third-order valence-corrected chi connectivity index (χ3v) is 4.26. The summed E-state index contributed by atoms with van der Waals surface area (Å²) in [7, 11) is 0. The molecule has 3 nitrogen and oxygen atoms in total. The van der Waals surface area contributed by atoms with Gasteiger partial charge in [0.15, 0.2) is 0 Å². The van der Waals surface area contributed by atoms with Crippen molar-refractivity contribution in [3.8, 4) is 0 Å². The lowest BCUT2D eigenvalue weighted by Crippen LogP contribution is -2.43. The Morgan fingerprint density at radius 2 is 1.94 bits per heavy atom. The summed E-state index contributed by atoms with van der Waals surface area (Å²) in [4.78, 5) is 14.5. The first-order chi connectivity index (χ1) is 8.31. The van der Waals surface area contributed by atoms with Gasteiger partial charge in [-0.25, -0.2) is 0 Å². The second-order valence-electron chi connectivity index (χ2n) is 5.47. The molecule has 2 fully saturated rings. The fraction of sp³-hybridized carbons (Fsp3) is 0.929. The molecule has 3 heteroatoms. The monoisotopic (exact) mass is 238 g/mol. The predicted molar refractivity (Wildman–Crippen MR) is 69.9 cm³/mol. The van der Waals surface area contributed by atoms with Crippen molar-refractivity contribution in [2.24, 2.45) is 0 Å². The molecule has 2 rings (SSSR count). The van der Waals surface area contributed by atoms with Gasteiger partial charge in [-0.05, 0) is 39.2 Å². The summed E-state index contributed by atoms with van der Waals surface area (Å²) in [5.74, 6) is 0.374. The molecule has 0 aromatic carbocycles. The van der Waals surface area contributed by atoms with E-state index >= 15 is 0 Å². The summed E-state index contributed by atoms with van der Waals surface area (Å²) in [6.07, 6.45) is 9.51. The molecule has 0 aromatic heterocycles. The molecule has 0 bridgehead atoms. The van der Waals surface area contributed by atoms with Gasteiger partial charge in [-0.2, -0.15) is 0 Å². The average molecular weight is 238 g/mol. The van der Waals surface area contributed by atoms with Crippen molar-refractivity contribution >= 4 is 5.91 Å². The van der Waals surface area contributed by atoms with Crippen LogP contribution in [0.3, 0.4) is 0 Å². The van der Waals surface area contributed by atoms with Crippen LogP contribution in [0.15, 0.2) is 0 Å². The maximum Gasteiger partial charge on any atom is 0.224 e. The molecule has 1 saturated heterocycles. The first kappa shape index (κ1) is 12.9. The van der Waals surface area contributed by atoms with E-state index in [1.54, 1.807) is 0 Å². The van der Waals surface area contributed by atoms with E-state index in [4.69, 9.17) is 0 Å². The zero-order valence-corrected chi connectivity index (χ0v) is 11.1. The van der Waals surface area contributed by atoms with Crippen molar-refractivity contribution < 1.29 is 4.79 Å². The molecule has 98 valence electrons. The minimum atomic E-state index is 0.374. The van der Waals surface area contributed by atoms with Gasteiger partial charge in [0.1, 0.15) is 0 Å². The van der Waals surface area contributed by atoms with Crippen LogP contribution in [-0.4, -0.2) is 36.0 Å². The highest BCUT2D eigenvalue weighted by Crippen LogP contribution is 2.23. The molecular formula is C14H26N2O. The molecule has 0 radical (unpaired) electrons. The van der Waals surface area contributed by atoms with Crippen LogP contribution in [-0.2, 0) is 4.79 Å². The van der Waals surface area contributed by atoms with Crippen molar-refractivity contribution in [1.82, 2.24) is 10.2 Å². The maximum atomic E-state index is 12.3. The van der Waals surface area contributed by atoms with Crippen LogP contribution in [0.1, 0.15) is 58.3 Å². The third kappa shape index (κ3) is 3.44. The van der Waals surface area contributed by atoms with Crippen LogP contribution >= 0.6 is 0 Å². The van der Waals surface area contributed by atoms with Crippen LogP contribution in [0.25, 0.3) is 0 Å². The van der Waals surface area contributed by atoms with Crippen molar-refractivity contribution in [2.75, 3.05) is 13.1 Å². The molecular weight excluding hydrogens is 212 g/mol. The van der Waals surface area contributed by atoms with Crippen molar-refractivity contribution in [3.05, 3.63) is 0 Å². The van der Waals surface area contributed by atoms with Gasteiger partial charge < -0.3 is 10.2 Å². The molecule has 1 heterocycles. The van der Waals surface area contributed by atoms with Gasteiger partial charge in [-0.3, -0.25) is 4.79 Å². The number of rotatable bonds is 4. The zero-order chi connectivity index (χ0) is 12.1. The first-order valence-corrected chi connectivity index (χ1v) is 7.34. The topological polar surface area (TPSA) is 32.3 Å². The lowest BCUT2D eigenvalue weighted by Gasteiger charge is -2.34. The normalized spacial score (nSPS) is 26.1. The Labute approximate surface area is 105 Å². The van der Waals surface area contributed by atoms with Crippen LogP contribution in [0.5, 0.6) is 0 Å². The molecule has 1 aliphatic carbocycles. The molecule has 1 N–H and O–H groups in total. The third-order valence-electron chi connectivity index (χ3n) is 4.26. The second-order valence-corrected chi connectivity index (χ2v) is 5.47. The summed E-state index contributed by atoms with van der Waals surface area (Å²) >= 11 is 0. The second kappa shape index (κ2) is 6.39. The van der Waals surface area contributed by atoms with E-state index in [0.29, 0.717) is 24.4 Å². The smallest absolute Gasteiger partial charge is 0.224 e. The summed E-state index contributed by atoms with van der Waals surface area (Å²) in [5, 5.41) is 3.42. The Bertz CT molecular complexity index is 243. The number of hydrogen-bond donors (Lipinski definition) is 1. The van der Waals surface area contributed by atoms with E-state index in [0.717, 1.165) is 13.1 Å². The van der Waals surface area contributed by atoms with E-state index in [-0.39, 0.29) is 0 Å². The van der Waals surface area contributed by atoms with Crippen molar-refractivity contribution in [2.45, 2.75) is 70.4 Å². The van der Waals surface area contributed by atoms with Crippen LogP contribution in [0.2, 0.25) is 0 Å². The van der Waals surface area contributed by atoms with Gasteiger partial charge in [0.05, 0.1) is 0 Å². The molecule has 2 aliphatic rings. The van der Waals surface area contributed by atoms with Gasteiger partial charge in [0.25, 0.3) is 0 Å². The summed E-state index contributed by atoms with van der Waals surface area (Å²) in [6, 6.07) is 0.975. The number of carbonyl (C=O) groups excluding carboxylic acids is 1. The summed E-state index contributed by atoms with van der Waals surface area (Å²) in [5.41, 5.74) is 0. The number of carbonyl (C=O) groups is 1. The molecule has 1 saturated carbocycles. The van der Waals surface area contributed by atoms with Crippen molar-refractivity contribution in [3.63, 3.8) is 0 Å². The predicted octanol–water partition coefficient (Wildman–Crippen LogP) is 2.31. The quantitative estimate of drug-likeness (QED) is 0.815. The Balaban J connectivity index is 1.84. The average Bonchev–Trinajstić information content (AvgIpc) is 2.84. The van der Waals surface area contributed by atoms with Gasteiger partial charge in [-0.1, -0.05) is 19.3 Å². The standard InChI is InChI=1S/C14H26N2O/c1-2-16(13-8-4-3-5-9-13)14(17)11-12-7-6-10-15-12/h12-13,15H,2-11H2,1H3. The molecule has 17 heavy (non-hydrogen) atoms. The van der Waals surface area contributed by atoms with Gasteiger partial charge in [0.2, 0.25) is 5.91 Å². The minimum Gasteiger partial charge on any atom is -0.340 e. The van der Waals surface area contributed by atoms with Gasteiger partial charge in [0, 0.05) is 25.0 Å². The maximum absolute atomic E-state index is 12.3. The molecule has 0 aromatic rings. The number of nitrogens with one attached hydrogen (secondary N) is 1. The van der Waals surface area contributed by atoms with Gasteiger partial charge in [-0.15, -0.1) is 0 Å². The van der Waals surface area contributed by atoms with Crippen LogP contribution < -0.4 is 5.32 Å². The fourth-order valence-electron chi connectivity index (χ4n) is 3.29. The van der Waals surface area contributed by atoms with Gasteiger partial charge >= 0.3 is 0 Å². The Kier molecular flexibility index (Phi) is 4.84. The summed E-state index contributed by atoms with van der Waals surface area (Å²) in [6.45, 7) is 4.10. The Morgan fingerprint density at radius 3 is 2.53 bits per heavy atom. The molecule has 1 aliphatic heterocycles. The van der Waals surface area contributed by atoms with E-state index in [9.17, 15) is 4.79 Å². The first-order valence-electron chi connectivity index (χ1n) is 7.34. The number of hydrogen-bond acceptors (Lipinski definition) is 2. The molecule has 1 amide bonds. The highest BCUT2D eigenvalue weighted by Gasteiger charge is 2.26. The fourth-order valence-corrected chi connectivity index (χ4v) is 3.29. The van der Waals surface area contributed by atoms with Crippen LogP contribution in [0.4, 0.5) is 0 Å². The SMILES string of the molecule is CCN(C(=O)CC1CCCN1)C1CCCCC1. The molecule has 1 atom stereocenters. The highest BCUT2D eigenvalue weighted by molar-refractivity contribution is 5.77. The molecule has 0 spiro atoms. The van der Waals surface area contributed by atoms with E-state index in [1.165, 1.54) is 44.9 Å².